The van der Waals surface area contributed by atoms with E-state index in [1.165, 1.54) is 6.92 Å². The Morgan fingerprint density at radius 3 is 2.15 bits per heavy atom. The third-order valence-electron chi connectivity index (χ3n) is 5.60. The van der Waals surface area contributed by atoms with E-state index in [1.807, 2.05) is 30.3 Å². The first-order valence-electron chi connectivity index (χ1n) is 10.6. The molecule has 0 aliphatic carbocycles. The Labute approximate surface area is 190 Å². The van der Waals surface area contributed by atoms with Crippen molar-refractivity contribution in [3.63, 3.8) is 0 Å². The van der Waals surface area contributed by atoms with Gasteiger partial charge in [0.05, 0.1) is 19.8 Å². The molecule has 3 rings (SSSR count). The summed E-state index contributed by atoms with van der Waals surface area (Å²) in [6, 6.07) is 8.06. The van der Waals surface area contributed by atoms with Gasteiger partial charge in [-0.05, 0) is 5.56 Å². The molecule has 0 unspecified atom stereocenters. The number of aliphatic hydroxyl groups excluding tert-OH is 6. The monoisotopic (exact) mass is 473 g/mol. The second-order valence-corrected chi connectivity index (χ2v) is 8.08. The normalized spacial score (nSPS) is 39.2. The second-order valence-electron chi connectivity index (χ2n) is 8.08. The number of nitrogens with one attached hydrogen (secondary N) is 1. The predicted octanol–water partition coefficient (Wildman–Crippen LogP) is -3.03. The van der Waals surface area contributed by atoms with Crippen LogP contribution < -0.4 is 5.32 Å². The zero-order valence-corrected chi connectivity index (χ0v) is 18.0. The van der Waals surface area contributed by atoms with Gasteiger partial charge in [0.25, 0.3) is 0 Å². The zero-order valence-electron chi connectivity index (χ0n) is 18.0. The molecule has 2 aliphatic rings. The van der Waals surface area contributed by atoms with E-state index in [4.69, 9.17) is 18.9 Å². The minimum Gasteiger partial charge on any atom is -0.394 e. The molecule has 12 heteroatoms. The summed E-state index contributed by atoms with van der Waals surface area (Å²) >= 11 is 0. The van der Waals surface area contributed by atoms with E-state index in [-0.39, 0.29) is 6.61 Å². The second kappa shape index (κ2) is 11.6. The minimum atomic E-state index is -1.63. The van der Waals surface area contributed by atoms with Gasteiger partial charge < -0.3 is 54.9 Å². The Hall–Kier alpha value is -1.71. The highest BCUT2D eigenvalue weighted by atomic mass is 16.7. The first kappa shape index (κ1) is 25.9. The van der Waals surface area contributed by atoms with Crippen molar-refractivity contribution in [3.8, 4) is 0 Å². The summed E-state index contributed by atoms with van der Waals surface area (Å²) in [5.74, 6) is -0.459. The van der Waals surface area contributed by atoms with E-state index >= 15 is 0 Å². The highest BCUT2D eigenvalue weighted by molar-refractivity contribution is 5.73. The average molecular weight is 473 g/mol. The van der Waals surface area contributed by atoms with Gasteiger partial charge in [0, 0.05) is 6.92 Å². The lowest BCUT2D eigenvalue weighted by Gasteiger charge is -2.44. The Kier molecular flexibility index (Phi) is 9.12. The van der Waals surface area contributed by atoms with Crippen LogP contribution in [0.15, 0.2) is 30.3 Å². The van der Waals surface area contributed by atoms with Gasteiger partial charge in [-0.25, -0.2) is 0 Å². The Morgan fingerprint density at radius 2 is 1.52 bits per heavy atom. The standard InChI is InChI=1S/C21H31NO11/c1-10(24)22-14-17(27)16(26)13(33-20(14)30-8-11-5-3-2-4-6-11)9-31-21-19(29)18(28)15(25)12(7-23)32-21/h2-6,12-21,23,25-29H,7-9H2,1H3,(H,22,24)/t12-,13-,14-,15+,16+,17-,18+,19-,20+,21-/m1/s1. The smallest absolute Gasteiger partial charge is 0.217 e. The van der Waals surface area contributed by atoms with E-state index in [0.29, 0.717) is 0 Å². The molecular formula is C21H31NO11. The number of ether oxygens (including phenoxy) is 4. The molecule has 10 atom stereocenters. The van der Waals surface area contributed by atoms with E-state index in [2.05, 4.69) is 5.32 Å². The molecule has 33 heavy (non-hydrogen) atoms. The van der Waals surface area contributed by atoms with Gasteiger partial charge in [0.15, 0.2) is 12.6 Å². The van der Waals surface area contributed by atoms with Crippen molar-refractivity contribution in [3.05, 3.63) is 35.9 Å². The molecular weight excluding hydrogens is 442 g/mol. The lowest BCUT2D eigenvalue weighted by atomic mass is 9.96. The van der Waals surface area contributed by atoms with Crippen LogP contribution in [0.2, 0.25) is 0 Å². The molecule has 2 heterocycles. The van der Waals surface area contributed by atoms with E-state index in [9.17, 15) is 35.4 Å². The highest BCUT2D eigenvalue weighted by Crippen LogP contribution is 2.26. The topological polar surface area (TPSA) is 187 Å². The van der Waals surface area contributed by atoms with Crippen molar-refractivity contribution in [2.75, 3.05) is 13.2 Å². The molecule has 1 aromatic rings. The van der Waals surface area contributed by atoms with E-state index in [0.717, 1.165) is 5.56 Å². The number of amides is 1. The van der Waals surface area contributed by atoms with Crippen LogP contribution in [0, 0.1) is 0 Å². The molecule has 0 aromatic heterocycles. The Balaban J connectivity index is 1.66. The molecule has 186 valence electrons. The quantitative estimate of drug-likeness (QED) is 0.203. The van der Waals surface area contributed by atoms with E-state index < -0.39 is 80.5 Å². The maximum atomic E-state index is 11.6. The molecule has 7 N–H and O–H groups in total. The minimum absolute atomic E-state index is 0.102. The lowest BCUT2D eigenvalue weighted by Crippen LogP contribution is -2.65. The van der Waals surface area contributed by atoms with Crippen molar-refractivity contribution in [2.45, 2.75) is 74.9 Å². The molecule has 2 fully saturated rings. The maximum absolute atomic E-state index is 11.6. The Morgan fingerprint density at radius 1 is 0.879 bits per heavy atom. The van der Waals surface area contributed by atoms with Gasteiger partial charge in [0.1, 0.15) is 48.8 Å². The van der Waals surface area contributed by atoms with Crippen LogP contribution in [0.1, 0.15) is 12.5 Å². The van der Waals surface area contributed by atoms with Crippen LogP contribution in [0.4, 0.5) is 0 Å². The van der Waals surface area contributed by atoms with Crippen molar-refractivity contribution in [1.82, 2.24) is 5.32 Å². The van der Waals surface area contributed by atoms with Crippen molar-refractivity contribution in [2.24, 2.45) is 0 Å². The van der Waals surface area contributed by atoms with Gasteiger partial charge in [0.2, 0.25) is 5.91 Å². The number of carbonyl (C=O) groups is 1. The fraction of sp³-hybridized carbons (Fsp3) is 0.667. The molecule has 0 spiro atoms. The van der Waals surface area contributed by atoms with Crippen molar-refractivity contribution < 1.29 is 54.4 Å². The number of hydrogen-bond acceptors (Lipinski definition) is 11. The van der Waals surface area contributed by atoms with Crippen LogP contribution in [0.25, 0.3) is 0 Å². The molecule has 1 aromatic carbocycles. The molecule has 12 nitrogen and oxygen atoms in total. The number of rotatable bonds is 8. The third-order valence-corrected chi connectivity index (χ3v) is 5.60. The summed E-state index contributed by atoms with van der Waals surface area (Å²) in [5, 5.41) is 62.8. The fourth-order valence-electron chi connectivity index (χ4n) is 3.75. The first-order chi connectivity index (χ1) is 15.7. The molecule has 2 aliphatic heterocycles. The average Bonchev–Trinajstić information content (AvgIpc) is 2.81. The maximum Gasteiger partial charge on any atom is 0.217 e. The number of carbonyl (C=O) groups excluding carboxylic acids is 1. The third kappa shape index (κ3) is 6.25. The van der Waals surface area contributed by atoms with Crippen LogP contribution in [0.3, 0.4) is 0 Å². The number of hydrogen-bond donors (Lipinski definition) is 7. The summed E-state index contributed by atoms with van der Waals surface area (Å²) in [5.41, 5.74) is 0.817. The zero-order chi connectivity index (χ0) is 24.1. The Bertz CT molecular complexity index is 751. The van der Waals surface area contributed by atoms with Crippen LogP contribution in [-0.4, -0.2) is 111 Å². The van der Waals surface area contributed by atoms with Gasteiger partial charge in [-0.1, -0.05) is 30.3 Å². The highest BCUT2D eigenvalue weighted by Gasteiger charge is 2.48. The molecule has 0 radical (unpaired) electrons. The summed E-state index contributed by atoms with van der Waals surface area (Å²) in [6.45, 7) is 0.325. The largest absolute Gasteiger partial charge is 0.394 e. The fourth-order valence-corrected chi connectivity index (χ4v) is 3.75. The number of aliphatic hydroxyl groups is 6. The van der Waals surface area contributed by atoms with Crippen LogP contribution in [0.5, 0.6) is 0 Å². The van der Waals surface area contributed by atoms with Gasteiger partial charge in [-0.15, -0.1) is 0 Å². The van der Waals surface area contributed by atoms with Gasteiger partial charge >= 0.3 is 0 Å². The van der Waals surface area contributed by atoms with Crippen LogP contribution >= 0.6 is 0 Å². The molecule has 0 saturated carbocycles. The van der Waals surface area contributed by atoms with Crippen LogP contribution in [-0.2, 0) is 30.3 Å². The first-order valence-corrected chi connectivity index (χ1v) is 10.6. The van der Waals surface area contributed by atoms with Crippen molar-refractivity contribution >= 4 is 5.91 Å². The molecule has 0 bridgehead atoms. The number of benzene rings is 1. The van der Waals surface area contributed by atoms with E-state index in [1.54, 1.807) is 0 Å². The molecule has 1 amide bonds. The summed E-state index contributed by atoms with van der Waals surface area (Å²) in [7, 11) is 0. The summed E-state index contributed by atoms with van der Waals surface area (Å²) in [4.78, 5) is 11.6. The van der Waals surface area contributed by atoms with Gasteiger partial charge in [-0.2, -0.15) is 0 Å². The summed E-state index contributed by atoms with van der Waals surface area (Å²) in [6.07, 6.45) is -12.7. The molecule has 2 saturated heterocycles. The SMILES string of the molecule is CC(=O)N[C@H]1[C@@H](OCc2ccccc2)O[C@H](CO[C@@H]2O[C@H](CO)[C@H](O)[C@H](O)[C@H]2O)[C@H](O)[C@@H]1O. The van der Waals surface area contributed by atoms with Gasteiger partial charge in [-0.3, -0.25) is 4.79 Å². The lowest BCUT2D eigenvalue weighted by molar-refractivity contribution is -0.322. The summed E-state index contributed by atoms with van der Waals surface area (Å²) < 4.78 is 22.2. The van der Waals surface area contributed by atoms with Crippen molar-refractivity contribution in [1.29, 1.82) is 0 Å². The predicted molar refractivity (Wildman–Crippen MR) is 109 cm³/mol.